The van der Waals surface area contributed by atoms with Crippen LogP contribution in [0.5, 0.6) is 0 Å². The van der Waals surface area contributed by atoms with E-state index in [1.54, 1.807) is 6.07 Å². The number of ketones is 1. The highest BCUT2D eigenvalue weighted by atomic mass is 79.9. The van der Waals surface area contributed by atoms with Crippen LogP contribution in [0.4, 0.5) is 0 Å². The SMILES string of the molecule is Br.CCCCC(=O)c1nn(Cc2ccc(Cl)cc2Cl)c2ccccc12. The van der Waals surface area contributed by atoms with Gasteiger partial charge in [0.15, 0.2) is 5.78 Å². The first-order valence-corrected chi connectivity index (χ1v) is 8.78. The number of hydrogen-bond acceptors (Lipinski definition) is 2. The van der Waals surface area contributed by atoms with E-state index in [4.69, 9.17) is 23.2 Å². The summed E-state index contributed by atoms with van der Waals surface area (Å²) < 4.78 is 1.84. The van der Waals surface area contributed by atoms with E-state index in [2.05, 4.69) is 12.0 Å². The molecule has 3 nitrogen and oxygen atoms in total. The van der Waals surface area contributed by atoms with Crippen molar-refractivity contribution in [3.8, 4) is 0 Å². The standard InChI is InChI=1S/C19H18Cl2N2O.BrH/c1-2-3-8-18(24)19-15-6-4-5-7-17(15)23(22-19)12-13-9-10-14(20)11-16(13)21;/h4-7,9-11H,2-3,8,12H2,1H3;1H. The molecule has 0 aliphatic heterocycles. The Morgan fingerprint density at radius 1 is 1.16 bits per heavy atom. The van der Waals surface area contributed by atoms with Gasteiger partial charge in [-0.1, -0.05) is 60.8 Å². The topological polar surface area (TPSA) is 34.9 Å². The molecule has 0 saturated carbocycles. The third kappa shape index (κ3) is 4.43. The van der Waals surface area contributed by atoms with Crippen LogP contribution in [0, 0.1) is 0 Å². The molecule has 132 valence electrons. The number of benzene rings is 2. The molecule has 0 spiro atoms. The first kappa shape index (κ1) is 20.0. The zero-order valence-electron chi connectivity index (χ0n) is 13.8. The Labute approximate surface area is 167 Å². The summed E-state index contributed by atoms with van der Waals surface area (Å²) in [7, 11) is 0. The van der Waals surface area contributed by atoms with E-state index >= 15 is 0 Å². The van der Waals surface area contributed by atoms with E-state index in [9.17, 15) is 4.79 Å². The molecule has 3 rings (SSSR count). The van der Waals surface area contributed by atoms with Gasteiger partial charge in [-0.25, -0.2) is 0 Å². The van der Waals surface area contributed by atoms with Crippen LogP contribution < -0.4 is 0 Å². The predicted molar refractivity (Wildman–Crippen MR) is 109 cm³/mol. The number of Topliss-reactive ketones (excluding diaryl/α,β-unsaturated/α-hetero) is 1. The molecule has 0 unspecified atom stereocenters. The highest BCUT2D eigenvalue weighted by molar-refractivity contribution is 8.93. The average Bonchev–Trinajstić information content (AvgIpc) is 2.94. The van der Waals surface area contributed by atoms with Gasteiger partial charge in [-0.3, -0.25) is 9.48 Å². The normalized spacial score (nSPS) is 10.7. The summed E-state index contributed by atoms with van der Waals surface area (Å²) >= 11 is 12.2. The number of unbranched alkanes of at least 4 members (excludes halogenated alkanes) is 1. The summed E-state index contributed by atoms with van der Waals surface area (Å²) in [4.78, 5) is 12.5. The zero-order valence-corrected chi connectivity index (χ0v) is 17.1. The van der Waals surface area contributed by atoms with Crippen LogP contribution in [-0.4, -0.2) is 15.6 Å². The van der Waals surface area contributed by atoms with E-state index in [1.807, 2.05) is 41.1 Å². The molecule has 25 heavy (non-hydrogen) atoms. The lowest BCUT2D eigenvalue weighted by Gasteiger charge is -2.06. The fraction of sp³-hybridized carbons (Fsp3) is 0.263. The summed E-state index contributed by atoms with van der Waals surface area (Å²) in [5, 5.41) is 6.67. The molecule has 2 aromatic carbocycles. The van der Waals surface area contributed by atoms with Crippen molar-refractivity contribution in [3.63, 3.8) is 0 Å². The molecule has 3 aromatic rings. The molecule has 0 bridgehead atoms. The maximum absolute atomic E-state index is 12.5. The third-order valence-electron chi connectivity index (χ3n) is 4.01. The molecule has 0 radical (unpaired) electrons. The lowest BCUT2D eigenvalue weighted by atomic mass is 10.1. The molecule has 0 aliphatic rings. The molecule has 0 aliphatic carbocycles. The third-order valence-corrected chi connectivity index (χ3v) is 4.60. The van der Waals surface area contributed by atoms with Gasteiger partial charge < -0.3 is 0 Å². The first-order valence-electron chi connectivity index (χ1n) is 8.03. The van der Waals surface area contributed by atoms with E-state index in [0.29, 0.717) is 28.7 Å². The fourth-order valence-corrected chi connectivity index (χ4v) is 3.19. The van der Waals surface area contributed by atoms with E-state index in [1.165, 1.54) is 0 Å². The second kappa shape index (κ2) is 8.84. The Morgan fingerprint density at radius 2 is 1.92 bits per heavy atom. The van der Waals surface area contributed by atoms with Crippen molar-refractivity contribution in [2.24, 2.45) is 0 Å². The Morgan fingerprint density at radius 3 is 2.64 bits per heavy atom. The van der Waals surface area contributed by atoms with E-state index < -0.39 is 0 Å². The molecule has 0 N–H and O–H groups in total. The summed E-state index contributed by atoms with van der Waals surface area (Å²) in [5.41, 5.74) is 2.40. The van der Waals surface area contributed by atoms with Gasteiger partial charge in [-0.2, -0.15) is 5.10 Å². The quantitative estimate of drug-likeness (QED) is 0.418. The molecular formula is C19H19BrCl2N2O. The number of nitrogens with zero attached hydrogens (tertiary/aromatic N) is 2. The van der Waals surface area contributed by atoms with Crippen LogP contribution in [0.25, 0.3) is 10.9 Å². The number of carbonyl (C=O) groups is 1. The van der Waals surface area contributed by atoms with Crippen LogP contribution in [0.15, 0.2) is 42.5 Å². The Balaban J connectivity index is 0.00000225. The maximum atomic E-state index is 12.5. The van der Waals surface area contributed by atoms with Crippen molar-refractivity contribution in [2.75, 3.05) is 0 Å². The van der Waals surface area contributed by atoms with Crippen molar-refractivity contribution in [1.82, 2.24) is 9.78 Å². The average molecular weight is 442 g/mol. The second-order valence-corrected chi connectivity index (χ2v) is 6.63. The Bertz CT molecular complexity index is 892. The number of aromatic nitrogens is 2. The van der Waals surface area contributed by atoms with Crippen LogP contribution in [-0.2, 0) is 6.54 Å². The highest BCUT2D eigenvalue weighted by Crippen LogP contribution is 2.25. The molecule has 6 heteroatoms. The van der Waals surface area contributed by atoms with Crippen molar-refractivity contribution >= 4 is 56.9 Å². The van der Waals surface area contributed by atoms with Gasteiger partial charge in [-0.15, -0.1) is 17.0 Å². The van der Waals surface area contributed by atoms with Gasteiger partial charge in [-0.05, 0) is 30.2 Å². The molecule has 0 saturated heterocycles. The predicted octanol–water partition coefficient (Wildman–Crippen LogP) is 6.34. The second-order valence-electron chi connectivity index (χ2n) is 5.79. The molecule has 1 heterocycles. The number of fused-ring (bicyclic) bond motifs is 1. The number of halogens is 3. The van der Waals surface area contributed by atoms with E-state index in [0.717, 1.165) is 29.3 Å². The minimum Gasteiger partial charge on any atom is -0.292 e. The molecular weight excluding hydrogens is 423 g/mol. The lowest BCUT2D eigenvalue weighted by Crippen LogP contribution is -2.05. The maximum Gasteiger partial charge on any atom is 0.183 e. The number of rotatable bonds is 6. The smallest absolute Gasteiger partial charge is 0.183 e. The van der Waals surface area contributed by atoms with Gasteiger partial charge in [0.25, 0.3) is 0 Å². The largest absolute Gasteiger partial charge is 0.292 e. The fourth-order valence-electron chi connectivity index (χ4n) is 2.72. The summed E-state index contributed by atoms with van der Waals surface area (Å²) in [5.74, 6) is 0.0917. The van der Waals surface area contributed by atoms with Crippen LogP contribution in [0.3, 0.4) is 0 Å². The van der Waals surface area contributed by atoms with Gasteiger partial charge in [0.2, 0.25) is 0 Å². The van der Waals surface area contributed by atoms with Crippen LogP contribution in [0.1, 0.15) is 42.2 Å². The van der Waals surface area contributed by atoms with E-state index in [-0.39, 0.29) is 22.8 Å². The summed E-state index contributed by atoms with van der Waals surface area (Å²) in [6.07, 6.45) is 2.40. The van der Waals surface area contributed by atoms with Gasteiger partial charge in [0.05, 0.1) is 12.1 Å². The minimum atomic E-state index is 0. The number of carbonyl (C=O) groups excluding carboxylic acids is 1. The van der Waals surface area contributed by atoms with Crippen molar-refractivity contribution in [3.05, 3.63) is 63.8 Å². The highest BCUT2D eigenvalue weighted by Gasteiger charge is 2.17. The van der Waals surface area contributed by atoms with Crippen molar-refractivity contribution in [2.45, 2.75) is 32.7 Å². The number of para-hydroxylation sites is 1. The zero-order chi connectivity index (χ0) is 17.1. The monoisotopic (exact) mass is 440 g/mol. The lowest BCUT2D eigenvalue weighted by molar-refractivity contribution is 0.0975. The molecule has 0 fully saturated rings. The van der Waals surface area contributed by atoms with Crippen LogP contribution >= 0.6 is 40.2 Å². The number of hydrogen-bond donors (Lipinski definition) is 0. The van der Waals surface area contributed by atoms with Crippen LogP contribution in [0.2, 0.25) is 10.0 Å². The van der Waals surface area contributed by atoms with Gasteiger partial charge >= 0.3 is 0 Å². The molecule has 0 amide bonds. The Kier molecular flexibility index (Phi) is 7.05. The van der Waals surface area contributed by atoms with Crippen molar-refractivity contribution in [1.29, 1.82) is 0 Å². The summed E-state index contributed by atoms with van der Waals surface area (Å²) in [6.45, 7) is 2.57. The van der Waals surface area contributed by atoms with Gasteiger partial charge in [0, 0.05) is 21.9 Å². The first-order chi connectivity index (χ1) is 11.6. The van der Waals surface area contributed by atoms with Crippen molar-refractivity contribution < 1.29 is 4.79 Å². The molecule has 1 aromatic heterocycles. The minimum absolute atomic E-state index is 0. The molecule has 0 atom stereocenters. The van der Waals surface area contributed by atoms with Gasteiger partial charge in [0.1, 0.15) is 5.69 Å². The summed E-state index contributed by atoms with van der Waals surface area (Å²) in [6, 6.07) is 13.2. The Hall–Kier alpha value is -1.36.